The summed E-state index contributed by atoms with van der Waals surface area (Å²) in [5.74, 6) is -1.56. The van der Waals surface area contributed by atoms with E-state index < -0.39 is 23.6 Å². The van der Waals surface area contributed by atoms with Gasteiger partial charge in [0.15, 0.2) is 11.0 Å². The molecule has 1 amide bonds. The minimum Gasteiger partial charge on any atom is -0.440 e. The summed E-state index contributed by atoms with van der Waals surface area (Å²) >= 11 is 5.60. The average molecular weight is 300 g/mol. The Bertz CT molecular complexity index is 642. The Morgan fingerprint density at radius 2 is 2.00 bits per heavy atom. The lowest BCUT2D eigenvalue weighted by Gasteiger charge is -2.24. The molecule has 1 aromatic heterocycles. The van der Waals surface area contributed by atoms with Gasteiger partial charge in [-0.15, -0.1) is 0 Å². The van der Waals surface area contributed by atoms with Crippen molar-refractivity contribution in [3.63, 3.8) is 0 Å². The van der Waals surface area contributed by atoms with E-state index in [4.69, 9.17) is 16.0 Å². The summed E-state index contributed by atoms with van der Waals surface area (Å²) in [6.07, 6.45) is 0. The Kier molecular flexibility index (Phi) is 4.09. The number of carbonyl (C=O) groups excluding carboxylic acids is 1. The number of hydrogen-bond donors (Lipinski definition) is 0. The highest BCUT2D eigenvalue weighted by Gasteiger charge is 2.23. The van der Waals surface area contributed by atoms with Crippen molar-refractivity contribution in [1.82, 2.24) is 4.90 Å². The molecule has 0 N–H and O–H groups in total. The highest BCUT2D eigenvalue weighted by atomic mass is 35.5. The molecular formula is C14H12ClF2NO2. The van der Waals surface area contributed by atoms with Gasteiger partial charge in [-0.3, -0.25) is 4.79 Å². The van der Waals surface area contributed by atoms with E-state index in [9.17, 15) is 13.6 Å². The topological polar surface area (TPSA) is 33.5 Å². The summed E-state index contributed by atoms with van der Waals surface area (Å²) in [5.41, 5.74) is 0.0958. The second-order valence-corrected chi connectivity index (χ2v) is 4.73. The Morgan fingerprint density at radius 1 is 1.30 bits per heavy atom. The Hall–Kier alpha value is -1.88. The Labute approximate surface area is 119 Å². The standard InChI is InChI=1S/C14H12ClF2NO2/c1-8(10-7-9(16)3-4-11(10)17)18(2)14(19)12-5-6-13(15)20-12/h3-8H,1-2H3. The average Bonchev–Trinajstić information content (AvgIpc) is 2.85. The molecule has 3 nitrogen and oxygen atoms in total. The molecular weight excluding hydrogens is 288 g/mol. The van der Waals surface area contributed by atoms with Crippen LogP contribution < -0.4 is 0 Å². The van der Waals surface area contributed by atoms with E-state index in [1.54, 1.807) is 6.92 Å². The zero-order valence-corrected chi connectivity index (χ0v) is 11.6. The molecule has 2 rings (SSSR count). The molecule has 0 aliphatic heterocycles. The smallest absolute Gasteiger partial charge is 0.289 e. The van der Waals surface area contributed by atoms with Gasteiger partial charge in [-0.25, -0.2) is 8.78 Å². The van der Waals surface area contributed by atoms with Crippen LogP contribution in [0.15, 0.2) is 34.7 Å². The third-order valence-electron chi connectivity index (χ3n) is 3.09. The van der Waals surface area contributed by atoms with Gasteiger partial charge >= 0.3 is 0 Å². The van der Waals surface area contributed by atoms with Crippen molar-refractivity contribution in [2.24, 2.45) is 0 Å². The summed E-state index contributed by atoms with van der Waals surface area (Å²) in [7, 11) is 1.48. The van der Waals surface area contributed by atoms with Crippen LogP contribution in [-0.2, 0) is 0 Å². The molecule has 0 aliphatic carbocycles. The van der Waals surface area contributed by atoms with Crippen molar-refractivity contribution >= 4 is 17.5 Å². The molecule has 1 aromatic carbocycles. The van der Waals surface area contributed by atoms with Crippen molar-refractivity contribution in [3.8, 4) is 0 Å². The van der Waals surface area contributed by atoms with Gasteiger partial charge in [-0.1, -0.05) is 0 Å². The van der Waals surface area contributed by atoms with Gasteiger partial charge in [0.2, 0.25) is 0 Å². The number of halogens is 3. The summed E-state index contributed by atoms with van der Waals surface area (Å²) in [4.78, 5) is 13.4. The van der Waals surface area contributed by atoms with Crippen LogP contribution in [0.3, 0.4) is 0 Å². The molecule has 0 bridgehead atoms. The van der Waals surface area contributed by atoms with Crippen LogP contribution in [0.25, 0.3) is 0 Å². The van der Waals surface area contributed by atoms with Crippen LogP contribution >= 0.6 is 11.6 Å². The van der Waals surface area contributed by atoms with Crippen LogP contribution in [0, 0.1) is 11.6 Å². The van der Waals surface area contributed by atoms with Crippen LogP contribution in [0.2, 0.25) is 5.22 Å². The van der Waals surface area contributed by atoms with E-state index in [1.165, 1.54) is 24.1 Å². The molecule has 2 aromatic rings. The van der Waals surface area contributed by atoms with Gasteiger partial charge in [0.25, 0.3) is 5.91 Å². The molecule has 0 saturated heterocycles. The first-order chi connectivity index (χ1) is 9.40. The first-order valence-corrected chi connectivity index (χ1v) is 6.25. The fourth-order valence-corrected chi connectivity index (χ4v) is 1.97. The summed E-state index contributed by atoms with van der Waals surface area (Å²) in [5, 5.41) is 0.0892. The van der Waals surface area contributed by atoms with E-state index in [-0.39, 0.29) is 16.5 Å². The highest BCUT2D eigenvalue weighted by Crippen LogP contribution is 2.25. The van der Waals surface area contributed by atoms with E-state index in [0.717, 1.165) is 18.2 Å². The summed E-state index contributed by atoms with van der Waals surface area (Å²) < 4.78 is 31.9. The monoisotopic (exact) mass is 299 g/mol. The van der Waals surface area contributed by atoms with Gasteiger partial charge in [0.05, 0.1) is 6.04 Å². The molecule has 0 aliphatic rings. The quantitative estimate of drug-likeness (QED) is 0.857. The molecule has 0 saturated carbocycles. The predicted octanol–water partition coefficient (Wildman–Crippen LogP) is 4.04. The third kappa shape index (κ3) is 2.82. The lowest BCUT2D eigenvalue weighted by atomic mass is 10.1. The molecule has 0 fully saturated rings. The Balaban J connectivity index is 2.26. The number of amides is 1. The maximum atomic E-state index is 13.7. The SMILES string of the molecule is CC(c1cc(F)ccc1F)N(C)C(=O)c1ccc(Cl)o1. The number of rotatable bonds is 3. The molecule has 6 heteroatoms. The van der Waals surface area contributed by atoms with Crippen LogP contribution in [-0.4, -0.2) is 17.9 Å². The van der Waals surface area contributed by atoms with E-state index >= 15 is 0 Å². The molecule has 1 unspecified atom stereocenters. The van der Waals surface area contributed by atoms with Crippen LogP contribution in [0.1, 0.15) is 29.1 Å². The number of carbonyl (C=O) groups is 1. The van der Waals surface area contributed by atoms with Crippen molar-refractivity contribution in [1.29, 1.82) is 0 Å². The maximum Gasteiger partial charge on any atom is 0.289 e. The van der Waals surface area contributed by atoms with Gasteiger partial charge in [-0.2, -0.15) is 0 Å². The largest absolute Gasteiger partial charge is 0.440 e. The first kappa shape index (κ1) is 14.5. The van der Waals surface area contributed by atoms with Gasteiger partial charge in [0, 0.05) is 12.6 Å². The number of nitrogens with zero attached hydrogens (tertiary/aromatic N) is 1. The maximum absolute atomic E-state index is 13.7. The van der Waals surface area contributed by atoms with E-state index in [2.05, 4.69) is 0 Å². The molecule has 106 valence electrons. The van der Waals surface area contributed by atoms with Crippen LogP contribution in [0.4, 0.5) is 8.78 Å². The number of benzene rings is 1. The predicted molar refractivity (Wildman–Crippen MR) is 70.6 cm³/mol. The third-order valence-corrected chi connectivity index (χ3v) is 3.30. The van der Waals surface area contributed by atoms with E-state index in [1.807, 2.05) is 0 Å². The normalized spacial score (nSPS) is 12.2. The molecule has 20 heavy (non-hydrogen) atoms. The van der Waals surface area contributed by atoms with Crippen molar-refractivity contribution in [3.05, 3.63) is 58.5 Å². The van der Waals surface area contributed by atoms with Crippen LogP contribution in [0.5, 0.6) is 0 Å². The second-order valence-electron chi connectivity index (χ2n) is 4.36. The zero-order valence-electron chi connectivity index (χ0n) is 10.9. The number of furan rings is 1. The molecule has 1 heterocycles. The Morgan fingerprint density at radius 3 is 2.60 bits per heavy atom. The minimum atomic E-state index is -0.651. The van der Waals surface area contributed by atoms with Crippen molar-refractivity contribution < 1.29 is 18.0 Å². The van der Waals surface area contributed by atoms with Crippen molar-refractivity contribution in [2.45, 2.75) is 13.0 Å². The molecule has 0 spiro atoms. The summed E-state index contributed by atoms with van der Waals surface area (Å²) in [6, 6.07) is 5.34. The van der Waals surface area contributed by atoms with Gasteiger partial charge in [-0.05, 0) is 48.9 Å². The highest BCUT2D eigenvalue weighted by molar-refractivity contribution is 6.29. The van der Waals surface area contributed by atoms with Gasteiger partial charge < -0.3 is 9.32 Å². The fraction of sp³-hybridized carbons (Fsp3) is 0.214. The molecule has 1 atom stereocenters. The fourth-order valence-electron chi connectivity index (χ4n) is 1.82. The lowest BCUT2D eigenvalue weighted by Crippen LogP contribution is -2.30. The lowest BCUT2D eigenvalue weighted by molar-refractivity contribution is 0.0708. The minimum absolute atomic E-state index is 0.0427. The van der Waals surface area contributed by atoms with Crippen molar-refractivity contribution in [2.75, 3.05) is 7.05 Å². The number of hydrogen-bond acceptors (Lipinski definition) is 2. The first-order valence-electron chi connectivity index (χ1n) is 5.87. The summed E-state index contributed by atoms with van der Waals surface area (Å²) in [6.45, 7) is 1.60. The zero-order chi connectivity index (χ0) is 14.9. The second kappa shape index (κ2) is 5.63. The van der Waals surface area contributed by atoms with Gasteiger partial charge in [0.1, 0.15) is 11.6 Å². The molecule has 0 radical (unpaired) electrons. The van der Waals surface area contributed by atoms with E-state index in [0.29, 0.717) is 0 Å².